The van der Waals surface area contributed by atoms with Crippen molar-refractivity contribution in [3.8, 4) is 0 Å². The molecule has 0 aliphatic carbocycles. The zero-order valence-corrected chi connectivity index (χ0v) is 4.52. The SMILES string of the molecule is FC(F)(F)C(F)(F)C(F)(F)F.[KH]. The minimum atomic E-state index is -6.62. The summed E-state index contributed by atoms with van der Waals surface area (Å²) in [6.07, 6.45) is -13.2. The van der Waals surface area contributed by atoms with Crippen LogP contribution in [0, 0.1) is 0 Å². The van der Waals surface area contributed by atoms with Gasteiger partial charge < -0.3 is 0 Å². The third kappa shape index (κ3) is 3.09. The summed E-state index contributed by atoms with van der Waals surface area (Å²) < 4.78 is 87.5. The molecule has 0 aliphatic rings. The average Bonchev–Trinajstić information content (AvgIpc) is 1.58. The van der Waals surface area contributed by atoms with Crippen molar-refractivity contribution in [3.63, 3.8) is 0 Å². The Morgan fingerprint density at radius 1 is 0.500 bits per heavy atom. The molecule has 0 aromatic rings. The summed E-state index contributed by atoms with van der Waals surface area (Å²) in [6, 6.07) is 0. The van der Waals surface area contributed by atoms with Crippen molar-refractivity contribution in [1.82, 2.24) is 0 Å². The van der Waals surface area contributed by atoms with Gasteiger partial charge in [-0.05, 0) is 0 Å². The molecule has 0 unspecified atom stereocenters. The van der Waals surface area contributed by atoms with Gasteiger partial charge in [0.25, 0.3) is 0 Å². The van der Waals surface area contributed by atoms with Gasteiger partial charge in [-0.1, -0.05) is 0 Å². The molecular formula is C3HF8K. The Labute approximate surface area is 104 Å². The van der Waals surface area contributed by atoms with Gasteiger partial charge >= 0.3 is 69.7 Å². The molecule has 0 amide bonds. The second-order valence-corrected chi connectivity index (χ2v) is 1.57. The molecule has 0 N–H and O–H groups in total. The molecule has 12 heavy (non-hydrogen) atoms. The zero-order valence-electron chi connectivity index (χ0n) is 4.52. The second kappa shape index (κ2) is 4.07. The maximum atomic E-state index is 11.2. The summed E-state index contributed by atoms with van der Waals surface area (Å²) in [5, 5.41) is 0. The van der Waals surface area contributed by atoms with Crippen molar-refractivity contribution in [1.29, 1.82) is 0 Å². The topological polar surface area (TPSA) is 0 Å². The molecule has 9 heteroatoms. The van der Waals surface area contributed by atoms with Gasteiger partial charge in [0.1, 0.15) is 0 Å². The molecule has 0 rings (SSSR count). The van der Waals surface area contributed by atoms with Gasteiger partial charge in [-0.25, -0.2) is 0 Å². The van der Waals surface area contributed by atoms with E-state index < -0.39 is 18.3 Å². The fourth-order valence-electron chi connectivity index (χ4n) is 0.161. The molecule has 0 aromatic heterocycles. The van der Waals surface area contributed by atoms with Crippen LogP contribution in [0.2, 0.25) is 0 Å². The number of alkyl halides is 8. The Kier molecular flexibility index (Phi) is 5.27. The first-order chi connectivity index (χ1) is 4.50. The number of rotatable bonds is 0. The van der Waals surface area contributed by atoms with Crippen LogP contribution in [0.25, 0.3) is 0 Å². The van der Waals surface area contributed by atoms with Crippen LogP contribution >= 0.6 is 0 Å². The predicted octanol–water partition coefficient (Wildman–Crippen LogP) is 2.10. The van der Waals surface area contributed by atoms with Gasteiger partial charge in [-0.3, -0.25) is 0 Å². The zero-order chi connectivity index (χ0) is 9.50. The summed E-state index contributed by atoms with van der Waals surface area (Å²) in [7, 11) is 0. The number of halogens is 8. The van der Waals surface area contributed by atoms with Crippen LogP contribution in [-0.4, -0.2) is 69.7 Å². The van der Waals surface area contributed by atoms with E-state index in [0.29, 0.717) is 0 Å². The first-order valence-corrected chi connectivity index (χ1v) is 2.01. The second-order valence-electron chi connectivity index (χ2n) is 1.57. The fraction of sp³-hybridized carbons (Fsp3) is 1.00. The summed E-state index contributed by atoms with van der Waals surface area (Å²) >= 11 is 0. The number of hydrogen-bond donors (Lipinski definition) is 0. The van der Waals surface area contributed by atoms with Crippen LogP contribution < -0.4 is 0 Å². The Hall–Kier alpha value is 1.08. The van der Waals surface area contributed by atoms with Gasteiger partial charge in [0, 0.05) is 0 Å². The molecule has 0 fully saturated rings. The van der Waals surface area contributed by atoms with E-state index in [-0.39, 0.29) is 51.4 Å². The quantitative estimate of drug-likeness (QED) is 0.440. The van der Waals surface area contributed by atoms with Crippen LogP contribution in [0.3, 0.4) is 0 Å². The van der Waals surface area contributed by atoms with Crippen molar-refractivity contribution in [3.05, 3.63) is 0 Å². The number of hydrogen-bond acceptors (Lipinski definition) is 0. The normalized spacial score (nSPS) is 14.0. The summed E-state index contributed by atoms with van der Waals surface area (Å²) in [6.45, 7) is 0. The van der Waals surface area contributed by atoms with E-state index in [1.165, 1.54) is 0 Å². The molecular weight excluding hydrogens is 227 g/mol. The minimum absolute atomic E-state index is 0. The Balaban J connectivity index is 0. The molecule has 70 valence electrons. The van der Waals surface area contributed by atoms with Crippen LogP contribution in [0.5, 0.6) is 0 Å². The molecule has 0 radical (unpaired) electrons. The van der Waals surface area contributed by atoms with Crippen LogP contribution in [0.1, 0.15) is 0 Å². The molecule has 0 spiro atoms. The van der Waals surface area contributed by atoms with Gasteiger partial charge in [-0.15, -0.1) is 0 Å². The Morgan fingerprint density at radius 2 is 0.667 bits per heavy atom. The molecule has 0 saturated carbocycles. The van der Waals surface area contributed by atoms with E-state index in [0.717, 1.165) is 0 Å². The van der Waals surface area contributed by atoms with E-state index in [1.807, 2.05) is 0 Å². The average molecular weight is 228 g/mol. The summed E-state index contributed by atoms with van der Waals surface area (Å²) in [5.74, 6) is -6.62. The Morgan fingerprint density at radius 3 is 0.667 bits per heavy atom. The van der Waals surface area contributed by atoms with Gasteiger partial charge in [-0.2, -0.15) is 35.1 Å². The standard InChI is InChI=1S/C3F8.K.H/c4-1(5,2(6,7)8)3(9,10)11;;. The fourth-order valence-corrected chi connectivity index (χ4v) is 0.161. The van der Waals surface area contributed by atoms with Crippen LogP contribution in [-0.2, 0) is 0 Å². The summed E-state index contributed by atoms with van der Waals surface area (Å²) in [5.41, 5.74) is 0. The van der Waals surface area contributed by atoms with Crippen molar-refractivity contribution in [2.24, 2.45) is 0 Å². The van der Waals surface area contributed by atoms with Crippen molar-refractivity contribution in [2.75, 3.05) is 0 Å². The van der Waals surface area contributed by atoms with Gasteiger partial charge in [0.15, 0.2) is 0 Å². The summed E-state index contributed by atoms with van der Waals surface area (Å²) in [4.78, 5) is 0. The van der Waals surface area contributed by atoms with Crippen molar-refractivity contribution >= 4 is 51.4 Å². The maximum absolute atomic E-state index is 11.2. The molecule has 0 bridgehead atoms. The van der Waals surface area contributed by atoms with E-state index in [9.17, 15) is 35.1 Å². The monoisotopic (exact) mass is 228 g/mol. The third-order valence-electron chi connectivity index (χ3n) is 0.712. The molecule has 0 saturated heterocycles. The van der Waals surface area contributed by atoms with Crippen molar-refractivity contribution in [2.45, 2.75) is 18.3 Å². The van der Waals surface area contributed by atoms with Crippen LogP contribution in [0.4, 0.5) is 35.1 Å². The Bertz CT molecular complexity index is 125. The molecule has 0 aliphatic heterocycles. The van der Waals surface area contributed by atoms with Crippen LogP contribution in [0.15, 0.2) is 0 Å². The van der Waals surface area contributed by atoms with Gasteiger partial charge in [0.2, 0.25) is 0 Å². The van der Waals surface area contributed by atoms with E-state index in [1.54, 1.807) is 0 Å². The van der Waals surface area contributed by atoms with E-state index >= 15 is 0 Å². The van der Waals surface area contributed by atoms with E-state index in [2.05, 4.69) is 0 Å². The molecule has 0 heterocycles. The molecule has 0 atom stereocenters. The third-order valence-corrected chi connectivity index (χ3v) is 0.712. The first-order valence-electron chi connectivity index (χ1n) is 2.01. The van der Waals surface area contributed by atoms with Gasteiger partial charge in [0.05, 0.1) is 0 Å². The van der Waals surface area contributed by atoms with E-state index in [4.69, 9.17) is 0 Å². The van der Waals surface area contributed by atoms with Crippen molar-refractivity contribution < 1.29 is 35.1 Å². The molecule has 0 aromatic carbocycles. The first kappa shape index (κ1) is 15.5. The molecule has 0 nitrogen and oxygen atoms in total. The predicted molar refractivity (Wildman–Crippen MR) is 24.2 cm³/mol.